The molecule has 0 saturated heterocycles. The summed E-state index contributed by atoms with van der Waals surface area (Å²) in [6, 6.07) is 13.3. The van der Waals surface area contributed by atoms with Gasteiger partial charge < -0.3 is 10.1 Å². The lowest BCUT2D eigenvalue weighted by Crippen LogP contribution is -2.22. The summed E-state index contributed by atoms with van der Waals surface area (Å²) in [4.78, 5) is 11.9. The van der Waals surface area contributed by atoms with Crippen LogP contribution in [-0.2, 0) is 17.1 Å². The van der Waals surface area contributed by atoms with Crippen molar-refractivity contribution in [1.82, 2.24) is 5.32 Å². The Balaban J connectivity index is 1.64. The van der Waals surface area contributed by atoms with Gasteiger partial charge in [0.05, 0.1) is 17.2 Å². The summed E-state index contributed by atoms with van der Waals surface area (Å²) in [6.45, 7) is 0.528. The Morgan fingerprint density at radius 3 is 2.46 bits per heavy atom. The second kappa shape index (κ2) is 9.82. The minimum absolute atomic E-state index is 0.0486. The summed E-state index contributed by atoms with van der Waals surface area (Å²) < 4.78 is 5.10. The van der Waals surface area contributed by atoms with E-state index in [-0.39, 0.29) is 5.91 Å². The van der Waals surface area contributed by atoms with Gasteiger partial charge in [-0.3, -0.25) is 4.79 Å². The van der Waals surface area contributed by atoms with E-state index in [9.17, 15) is 4.79 Å². The fourth-order valence-electron chi connectivity index (χ4n) is 2.02. The fourth-order valence-corrected chi connectivity index (χ4v) is 3.23. The largest absolute Gasteiger partial charge is 0.497 e. The Morgan fingerprint density at radius 2 is 1.79 bits per heavy atom. The summed E-state index contributed by atoms with van der Waals surface area (Å²) in [7, 11) is 1.63. The predicted octanol–water partition coefficient (Wildman–Crippen LogP) is 4.94. The molecule has 0 unspecified atom stereocenters. The van der Waals surface area contributed by atoms with E-state index in [0.717, 1.165) is 28.4 Å². The van der Waals surface area contributed by atoms with Crippen LogP contribution in [0.25, 0.3) is 0 Å². The van der Waals surface area contributed by atoms with Gasteiger partial charge in [-0.15, -0.1) is 0 Å². The second-order valence-electron chi connectivity index (χ2n) is 5.18. The maximum atomic E-state index is 11.9. The molecule has 2 aromatic carbocycles. The molecule has 0 aromatic heterocycles. The van der Waals surface area contributed by atoms with Crippen molar-refractivity contribution in [3.05, 3.63) is 63.6 Å². The molecule has 2 rings (SSSR count). The van der Waals surface area contributed by atoms with E-state index in [0.29, 0.717) is 23.0 Å². The van der Waals surface area contributed by atoms with Crippen molar-refractivity contribution < 1.29 is 9.53 Å². The Labute approximate surface area is 156 Å². The predicted molar refractivity (Wildman–Crippen MR) is 102 cm³/mol. The molecule has 0 radical (unpaired) electrons. The van der Waals surface area contributed by atoms with Crippen LogP contribution in [0.5, 0.6) is 5.75 Å². The molecule has 0 aliphatic carbocycles. The maximum Gasteiger partial charge on any atom is 0.221 e. The number of thioether (sulfide) groups is 1. The number of hydrogen-bond donors (Lipinski definition) is 1. The first-order valence-electron chi connectivity index (χ1n) is 7.50. The number of nitrogens with one attached hydrogen (secondary N) is 1. The van der Waals surface area contributed by atoms with Crippen molar-refractivity contribution >= 4 is 40.9 Å². The van der Waals surface area contributed by atoms with Crippen molar-refractivity contribution in [1.29, 1.82) is 0 Å². The van der Waals surface area contributed by atoms with E-state index in [1.807, 2.05) is 36.4 Å². The molecule has 0 saturated carbocycles. The van der Waals surface area contributed by atoms with Crippen LogP contribution in [0.1, 0.15) is 17.5 Å². The Hall–Kier alpha value is -1.36. The SMILES string of the molecule is COc1ccc(CNC(=O)CCSCc2ccc(Cl)c(Cl)c2)cc1. The molecule has 24 heavy (non-hydrogen) atoms. The molecule has 1 amide bonds. The van der Waals surface area contributed by atoms with E-state index in [1.165, 1.54) is 0 Å². The molecular weight excluding hydrogens is 365 g/mol. The van der Waals surface area contributed by atoms with Gasteiger partial charge in [-0.1, -0.05) is 41.4 Å². The molecule has 0 bridgehead atoms. The highest BCUT2D eigenvalue weighted by molar-refractivity contribution is 7.98. The molecule has 2 aromatic rings. The molecule has 0 aliphatic heterocycles. The van der Waals surface area contributed by atoms with Crippen LogP contribution in [0.4, 0.5) is 0 Å². The number of rotatable bonds is 8. The number of amides is 1. The zero-order valence-electron chi connectivity index (χ0n) is 13.4. The van der Waals surface area contributed by atoms with Gasteiger partial charge in [-0.05, 0) is 35.4 Å². The van der Waals surface area contributed by atoms with E-state index in [1.54, 1.807) is 24.9 Å². The maximum absolute atomic E-state index is 11.9. The number of carbonyl (C=O) groups is 1. The van der Waals surface area contributed by atoms with Crippen molar-refractivity contribution in [3.8, 4) is 5.75 Å². The number of benzene rings is 2. The molecule has 0 heterocycles. The first-order valence-corrected chi connectivity index (χ1v) is 9.41. The third-order valence-corrected chi connectivity index (χ3v) is 5.14. The Morgan fingerprint density at radius 1 is 1.08 bits per heavy atom. The van der Waals surface area contributed by atoms with Gasteiger partial charge in [-0.2, -0.15) is 11.8 Å². The normalized spacial score (nSPS) is 10.5. The van der Waals surface area contributed by atoms with Crippen LogP contribution in [0, 0.1) is 0 Å². The second-order valence-corrected chi connectivity index (χ2v) is 7.10. The first-order chi connectivity index (χ1) is 11.6. The highest BCUT2D eigenvalue weighted by Gasteiger charge is 2.04. The molecule has 0 aliphatic rings. The summed E-state index contributed by atoms with van der Waals surface area (Å²) in [5.74, 6) is 2.42. The molecular formula is C18H19Cl2NO2S. The standard InChI is InChI=1S/C18H19Cl2NO2S/c1-23-15-5-2-13(3-6-15)11-21-18(22)8-9-24-12-14-4-7-16(19)17(20)10-14/h2-7,10H,8-9,11-12H2,1H3,(H,21,22). The average molecular weight is 384 g/mol. The monoisotopic (exact) mass is 383 g/mol. The van der Waals surface area contributed by atoms with Crippen molar-refractivity contribution in [2.24, 2.45) is 0 Å². The number of hydrogen-bond acceptors (Lipinski definition) is 3. The van der Waals surface area contributed by atoms with Crippen LogP contribution in [0.2, 0.25) is 10.0 Å². The lowest BCUT2D eigenvalue weighted by atomic mass is 10.2. The number of carbonyl (C=O) groups excluding carboxylic acids is 1. The lowest BCUT2D eigenvalue weighted by molar-refractivity contribution is -0.120. The molecule has 0 atom stereocenters. The number of ether oxygens (including phenoxy) is 1. The molecule has 0 spiro atoms. The van der Waals surface area contributed by atoms with Gasteiger partial charge >= 0.3 is 0 Å². The third kappa shape index (κ3) is 6.27. The molecule has 3 nitrogen and oxygen atoms in total. The highest BCUT2D eigenvalue weighted by Crippen LogP contribution is 2.24. The van der Waals surface area contributed by atoms with Crippen LogP contribution in [0.15, 0.2) is 42.5 Å². The number of halogens is 2. The van der Waals surface area contributed by atoms with Crippen LogP contribution in [0.3, 0.4) is 0 Å². The van der Waals surface area contributed by atoms with Gasteiger partial charge in [0.15, 0.2) is 0 Å². The van der Waals surface area contributed by atoms with E-state index >= 15 is 0 Å². The van der Waals surface area contributed by atoms with Crippen LogP contribution < -0.4 is 10.1 Å². The van der Waals surface area contributed by atoms with Crippen LogP contribution >= 0.6 is 35.0 Å². The van der Waals surface area contributed by atoms with Gasteiger partial charge in [0.25, 0.3) is 0 Å². The van der Waals surface area contributed by atoms with E-state index in [2.05, 4.69) is 5.32 Å². The summed E-state index contributed by atoms with van der Waals surface area (Å²) >= 11 is 13.6. The average Bonchev–Trinajstić information content (AvgIpc) is 2.60. The minimum atomic E-state index is 0.0486. The van der Waals surface area contributed by atoms with Crippen molar-refractivity contribution in [2.45, 2.75) is 18.7 Å². The van der Waals surface area contributed by atoms with Gasteiger partial charge in [0.2, 0.25) is 5.91 Å². The first kappa shape index (κ1) is 19.0. The summed E-state index contributed by atoms with van der Waals surface area (Å²) in [5, 5.41) is 4.04. The van der Waals surface area contributed by atoms with Gasteiger partial charge in [-0.25, -0.2) is 0 Å². The van der Waals surface area contributed by atoms with E-state index < -0.39 is 0 Å². The number of methoxy groups -OCH3 is 1. The molecule has 128 valence electrons. The Bertz CT molecular complexity index is 677. The summed E-state index contributed by atoms with van der Waals surface area (Å²) in [5.41, 5.74) is 2.15. The lowest BCUT2D eigenvalue weighted by Gasteiger charge is -2.07. The zero-order chi connectivity index (χ0) is 17.4. The van der Waals surface area contributed by atoms with Gasteiger partial charge in [0.1, 0.15) is 5.75 Å². The molecule has 0 fully saturated rings. The van der Waals surface area contributed by atoms with Crippen LogP contribution in [-0.4, -0.2) is 18.8 Å². The van der Waals surface area contributed by atoms with E-state index in [4.69, 9.17) is 27.9 Å². The molecule has 1 N–H and O–H groups in total. The highest BCUT2D eigenvalue weighted by atomic mass is 35.5. The van der Waals surface area contributed by atoms with Crippen molar-refractivity contribution in [3.63, 3.8) is 0 Å². The Kier molecular flexibility index (Phi) is 7.76. The fraction of sp³-hybridized carbons (Fsp3) is 0.278. The quantitative estimate of drug-likeness (QED) is 0.655. The topological polar surface area (TPSA) is 38.3 Å². The smallest absolute Gasteiger partial charge is 0.221 e. The minimum Gasteiger partial charge on any atom is -0.497 e. The third-order valence-electron chi connectivity index (χ3n) is 3.37. The zero-order valence-corrected chi connectivity index (χ0v) is 15.7. The summed E-state index contributed by atoms with van der Waals surface area (Å²) in [6.07, 6.45) is 0.488. The molecule has 6 heteroatoms. The van der Waals surface area contributed by atoms with Gasteiger partial charge in [0, 0.05) is 24.5 Å². The van der Waals surface area contributed by atoms with Crippen molar-refractivity contribution in [2.75, 3.05) is 12.9 Å².